The summed E-state index contributed by atoms with van der Waals surface area (Å²) in [6, 6.07) is 2.21. The molecule has 2 aromatic rings. The van der Waals surface area contributed by atoms with Crippen molar-refractivity contribution >= 4 is 17.4 Å². The Morgan fingerprint density at radius 1 is 1.54 bits per heavy atom. The van der Waals surface area contributed by atoms with Crippen LogP contribution in [-0.2, 0) is 6.54 Å². The minimum Gasteiger partial charge on any atom is -0.388 e. The molecule has 0 fully saturated rings. The van der Waals surface area contributed by atoms with Crippen molar-refractivity contribution in [3.63, 3.8) is 0 Å². The zero-order valence-electron chi connectivity index (χ0n) is 12.2. The third-order valence-corrected chi connectivity index (χ3v) is 3.92. The van der Waals surface area contributed by atoms with Crippen LogP contribution in [0.25, 0.3) is 11.3 Å². The van der Waals surface area contributed by atoms with Crippen LogP contribution in [0, 0.1) is 0 Å². The number of primary amides is 1. The molecule has 0 aliphatic rings. The highest BCUT2D eigenvalue weighted by Crippen LogP contribution is 2.36. The van der Waals surface area contributed by atoms with Gasteiger partial charge in [0.15, 0.2) is 0 Å². The molecule has 0 spiro atoms. The minimum atomic E-state index is -4.53. The second-order valence-corrected chi connectivity index (χ2v) is 5.78. The van der Waals surface area contributed by atoms with Gasteiger partial charge in [0.1, 0.15) is 6.54 Å². The van der Waals surface area contributed by atoms with Gasteiger partial charge in [0.05, 0.1) is 16.7 Å². The van der Waals surface area contributed by atoms with Crippen molar-refractivity contribution in [2.45, 2.75) is 25.7 Å². The SMILES string of the molecule is CC(O)c1sc(OC(N)=O)nc1-c1ccn(CC(F)(F)F)c(=O)c1. The summed E-state index contributed by atoms with van der Waals surface area (Å²) in [4.78, 5) is 26.8. The average molecular weight is 363 g/mol. The van der Waals surface area contributed by atoms with E-state index in [1.54, 1.807) is 0 Å². The maximum absolute atomic E-state index is 12.4. The number of amides is 1. The quantitative estimate of drug-likeness (QED) is 0.864. The van der Waals surface area contributed by atoms with Crippen LogP contribution in [0.2, 0.25) is 0 Å². The highest BCUT2D eigenvalue weighted by atomic mass is 32.1. The second-order valence-electron chi connectivity index (χ2n) is 4.79. The number of thiazole rings is 1. The van der Waals surface area contributed by atoms with Crippen LogP contribution in [0.15, 0.2) is 23.1 Å². The zero-order chi connectivity index (χ0) is 18.1. The van der Waals surface area contributed by atoms with Crippen LogP contribution in [0.3, 0.4) is 0 Å². The first kappa shape index (κ1) is 17.9. The Labute approximate surface area is 137 Å². The van der Waals surface area contributed by atoms with Gasteiger partial charge in [-0.2, -0.15) is 13.2 Å². The molecule has 0 aromatic carbocycles. The fourth-order valence-electron chi connectivity index (χ4n) is 1.91. The van der Waals surface area contributed by atoms with Gasteiger partial charge in [0.25, 0.3) is 10.8 Å². The largest absolute Gasteiger partial charge is 0.411 e. The lowest BCUT2D eigenvalue weighted by Crippen LogP contribution is -2.27. The van der Waals surface area contributed by atoms with E-state index in [1.165, 1.54) is 13.0 Å². The van der Waals surface area contributed by atoms with Gasteiger partial charge in [-0.1, -0.05) is 11.3 Å². The van der Waals surface area contributed by atoms with Gasteiger partial charge in [-0.25, -0.2) is 9.78 Å². The molecule has 2 heterocycles. The average Bonchev–Trinajstić information content (AvgIpc) is 2.83. The Hall–Kier alpha value is -2.40. The van der Waals surface area contributed by atoms with Crippen LogP contribution < -0.4 is 16.0 Å². The van der Waals surface area contributed by atoms with Gasteiger partial charge in [0.2, 0.25) is 0 Å². The van der Waals surface area contributed by atoms with Crippen molar-refractivity contribution in [2.75, 3.05) is 0 Å². The number of ether oxygens (including phenoxy) is 1. The number of halogens is 3. The Morgan fingerprint density at radius 3 is 2.71 bits per heavy atom. The van der Waals surface area contributed by atoms with Crippen LogP contribution in [0.5, 0.6) is 5.19 Å². The molecule has 3 N–H and O–H groups in total. The number of hydrogen-bond acceptors (Lipinski definition) is 6. The van der Waals surface area contributed by atoms with Gasteiger partial charge in [-0.3, -0.25) is 4.79 Å². The molecule has 2 rings (SSSR count). The van der Waals surface area contributed by atoms with E-state index in [2.05, 4.69) is 9.72 Å². The highest BCUT2D eigenvalue weighted by Gasteiger charge is 2.28. The van der Waals surface area contributed by atoms with Crippen LogP contribution in [0.4, 0.5) is 18.0 Å². The molecule has 2 aromatic heterocycles. The fraction of sp³-hybridized carbons (Fsp3) is 0.308. The molecule has 0 radical (unpaired) electrons. The lowest BCUT2D eigenvalue weighted by Gasteiger charge is -2.10. The number of rotatable bonds is 4. The van der Waals surface area contributed by atoms with Crippen LogP contribution in [0.1, 0.15) is 17.9 Å². The molecule has 24 heavy (non-hydrogen) atoms. The lowest BCUT2D eigenvalue weighted by molar-refractivity contribution is -0.141. The molecule has 0 saturated heterocycles. The molecule has 0 aliphatic carbocycles. The Bertz CT molecular complexity index is 814. The molecular weight excluding hydrogens is 351 g/mol. The zero-order valence-corrected chi connectivity index (χ0v) is 13.0. The van der Waals surface area contributed by atoms with Crippen molar-refractivity contribution < 1.29 is 27.8 Å². The second kappa shape index (κ2) is 6.61. The number of carbonyl (C=O) groups is 1. The Morgan fingerprint density at radius 2 is 2.21 bits per heavy atom. The first-order valence-corrected chi connectivity index (χ1v) is 7.32. The van der Waals surface area contributed by atoms with Gasteiger partial charge in [0, 0.05) is 17.8 Å². The summed E-state index contributed by atoms with van der Waals surface area (Å²) in [6.45, 7) is 0.0123. The third kappa shape index (κ3) is 4.32. The number of aromatic nitrogens is 2. The number of nitrogens with zero attached hydrogens (tertiary/aromatic N) is 2. The van der Waals surface area contributed by atoms with Crippen molar-refractivity contribution in [1.82, 2.24) is 9.55 Å². The molecule has 1 unspecified atom stereocenters. The van der Waals surface area contributed by atoms with Crippen molar-refractivity contribution in [3.8, 4) is 16.5 Å². The molecule has 1 amide bonds. The maximum atomic E-state index is 12.4. The van der Waals surface area contributed by atoms with E-state index in [0.717, 1.165) is 23.6 Å². The Kier molecular flexibility index (Phi) is 4.94. The van der Waals surface area contributed by atoms with Crippen molar-refractivity contribution in [3.05, 3.63) is 33.6 Å². The van der Waals surface area contributed by atoms with Crippen LogP contribution >= 0.6 is 11.3 Å². The standard InChI is InChI=1S/C13H12F3N3O4S/c1-6(20)10-9(18-12(24-10)23-11(17)22)7-2-3-19(8(21)4-7)5-13(14,15)16/h2-4,6,20H,5H2,1H3,(H2,17,22). The van der Waals surface area contributed by atoms with Gasteiger partial charge in [-0.15, -0.1) is 0 Å². The first-order chi connectivity index (χ1) is 11.1. The molecule has 130 valence electrons. The van der Waals surface area contributed by atoms with E-state index in [1.807, 2.05) is 0 Å². The molecule has 0 bridgehead atoms. The monoisotopic (exact) mass is 363 g/mol. The summed E-state index contributed by atoms with van der Waals surface area (Å²) in [5.41, 5.74) is 4.31. The van der Waals surface area contributed by atoms with Gasteiger partial charge >= 0.3 is 12.3 Å². The molecule has 7 nitrogen and oxygen atoms in total. The van der Waals surface area contributed by atoms with E-state index in [4.69, 9.17) is 5.73 Å². The summed E-state index contributed by atoms with van der Waals surface area (Å²) >= 11 is 0.838. The van der Waals surface area contributed by atoms with E-state index in [-0.39, 0.29) is 21.3 Å². The smallest absolute Gasteiger partial charge is 0.388 e. The number of hydrogen-bond donors (Lipinski definition) is 2. The number of alkyl halides is 3. The number of carbonyl (C=O) groups excluding carboxylic acids is 1. The lowest BCUT2D eigenvalue weighted by atomic mass is 10.1. The van der Waals surface area contributed by atoms with Gasteiger partial charge < -0.3 is 20.1 Å². The third-order valence-electron chi connectivity index (χ3n) is 2.82. The topological polar surface area (TPSA) is 107 Å². The number of nitrogens with two attached hydrogens (primary N) is 1. The summed E-state index contributed by atoms with van der Waals surface area (Å²) in [5, 5.41) is 9.61. The first-order valence-electron chi connectivity index (χ1n) is 6.50. The van der Waals surface area contributed by atoms with E-state index >= 15 is 0 Å². The maximum Gasteiger partial charge on any atom is 0.411 e. The predicted octanol–water partition coefficient (Wildman–Crippen LogP) is 2.04. The minimum absolute atomic E-state index is 0.127. The Balaban J connectivity index is 2.44. The molecule has 0 aliphatic heterocycles. The molecule has 0 saturated carbocycles. The predicted molar refractivity (Wildman–Crippen MR) is 78.7 cm³/mol. The van der Waals surface area contributed by atoms with E-state index in [0.29, 0.717) is 4.57 Å². The summed E-state index contributed by atoms with van der Waals surface area (Å²) in [7, 11) is 0. The normalized spacial score (nSPS) is 12.9. The molecule has 1 atom stereocenters. The van der Waals surface area contributed by atoms with E-state index < -0.39 is 30.5 Å². The van der Waals surface area contributed by atoms with Crippen molar-refractivity contribution in [2.24, 2.45) is 5.73 Å². The summed E-state index contributed by atoms with van der Waals surface area (Å²) in [5.74, 6) is 0. The van der Waals surface area contributed by atoms with Gasteiger partial charge in [-0.05, 0) is 13.0 Å². The highest BCUT2D eigenvalue weighted by molar-refractivity contribution is 7.14. The number of aliphatic hydroxyl groups is 1. The number of pyridine rings is 1. The summed E-state index contributed by atoms with van der Waals surface area (Å²) in [6.07, 6.45) is -5.65. The van der Waals surface area contributed by atoms with Crippen LogP contribution in [-0.4, -0.2) is 26.9 Å². The number of aliphatic hydroxyl groups excluding tert-OH is 1. The molecule has 11 heteroatoms. The van der Waals surface area contributed by atoms with E-state index in [9.17, 15) is 27.9 Å². The molecular formula is C13H12F3N3O4S. The summed E-state index contributed by atoms with van der Waals surface area (Å²) < 4.78 is 42.3. The van der Waals surface area contributed by atoms with Crippen molar-refractivity contribution in [1.29, 1.82) is 0 Å². The fourth-order valence-corrected chi connectivity index (χ4v) is 2.79.